The third-order valence-corrected chi connectivity index (χ3v) is 8.44. The van der Waals surface area contributed by atoms with E-state index in [0.29, 0.717) is 6.04 Å². The Morgan fingerprint density at radius 2 is 2.14 bits per heavy atom. The molecule has 1 aromatic carbocycles. The lowest BCUT2D eigenvalue weighted by Gasteiger charge is -2.58. The summed E-state index contributed by atoms with van der Waals surface area (Å²) in [6, 6.07) is 8.86. The first-order valence-corrected chi connectivity index (χ1v) is 10.2. The molecule has 1 spiro atoms. The molecule has 7 rings (SSSR count). The Morgan fingerprint density at radius 1 is 1.29 bits per heavy atom. The molecule has 5 aliphatic heterocycles. The van der Waals surface area contributed by atoms with E-state index in [1.807, 2.05) is 6.07 Å². The molecule has 0 radical (unpaired) electrons. The maximum atomic E-state index is 13.3. The van der Waals surface area contributed by atoms with Gasteiger partial charge in [-0.15, -0.1) is 0 Å². The third kappa shape index (κ3) is 1.56. The summed E-state index contributed by atoms with van der Waals surface area (Å²) in [7, 11) is 0. The van der Waals surface area contributed by atoms with Crippen LogP contribution in [0.25, 0.3) is 0 Å². The number of benzene rings is 1. The minimum absolute atomic E-state index is 0.0547. The van der Waals surface area contributed by atoms with Gasteiger partial charge in [-0.3, -0.25) is 19.8 Å². The summed E-state index contributed by atoms with van der Waals surface area (Å²) in [6.07, 6.45) is 2.55. The van der Waals surface area contributed by atoms with Crippen molar-refractivity contribution < 1.29 is 14.5 Å². The molecule has 4 fully saturated rings. The van der Waals surface area contributed by atoms with Crippen LogP contribution in [0.5, 0.6) is 0 Å². The molecule has 2 bridgehead atoms. The number of ether oxygens (including phenoxy) is 1. The van der Waals surface area contributed by atoms with Crippen molar-refractivity contribution in [1.29, 1.82) is 0 Å². The molecule has 6 aliphatic rings. The molecule has 7 nitrogen and oxygen atoms in total. The molecule has 7 atom stereocenters. The Hall–Kier alpha value is -2.25. The number of hydrogen-bond donors (Lipinski definition) is 0. The quantitative estimate of drug-likeness (QED) is 0.422. The predicted octanol–water partition coefficient (Wildman–Crippen LogP) is 1.70. The maximum Gasteiger partial charge on any atom is 0.335 e. The Morgan fingerprint density at radius 3 is 3.00 bits per heavy atom. The van der Waals surface area contributed by atoms with Crippen LogP contribution >= 0.6 is 0 Å². The van der Waals surface area contributed by atoms with Crippen molar-refractivity contribution in [3.8, 4) is 0 Å². The van der Waals surface area contributed by atoms with Gasteiger partial charge >= 0.3 is 6.23 Å². The second-order valence-corrected chi connectivity index (χ2v) is 9.22. The fourth-order valence-electron chi connectivity index (χ4n) is 7.67. The molecule has 144 valence electrons. The van der Waals surface area contributed by atoms with E-state index >= 15 is 0 Å². The summed E-state index contributed by atoms with van der Waals surface area (Å²) < 4.78 is 6.02. The van der Waals surface area contributed by atoms with Gasteiger partial charge in [0.05, 0.1) is 23.5 Å². The topological polar surface area (TPSA) is 75.9 Å². The average Bonchev–Trinajstić information content (AvgIpc) is 3.16. The van der Waals surface area contributed by atoms with Gasteiger partial charge in [0.1, 0.15) is 0 Å². The number of carbonyl (C=O) groups is 1. The number of amides is 1. The number of para-hydroxylation sites is 1. The number of fused-ring (bicyclic) bond motifs is 2. The van der Waals surface area contributed by atoms with E-state index in [1.54, 1.807) is 6.08 Å². The van der Waals surface area contributed by atoms with Crippen molar-refractivity contribution in [2.45, 2.75) is 49.1 Å². The van der Waals surface area contributed by atoms with E-state index in [4.69, 9.17) is 4.74 Å². The Labute approximate surface area is 162 Å². The highest BCUT2D eigenvalue weighted by Gasteiger charge is 2.71. The van der Waals surface area contributed by atoms with Crippen molar-refractivity contribution in [2.75, 3.05) is 18.0 Å². The first-order valence-electron chi connectivity index (χ1n) is 10.2. The third-order valence-electron chi connectivity index (χ3n) is 8.44. The van der Waals surface area contributed by atoms with Gasteiger partial charge in [0.2, 0.25) is 5.91 Å². The molecule has 1 saturated carbocycles. The van der Waals surface area contributed by atoms with Gasteiger partial charge in [0, 0.05) is 35.7 Å². The average molecular weight is 379 g/mol. The van der Waals surface area contributed by atoms with Crippen LogP contribution in [0.2, 0.25) is 0 Å². The van der Waals surface area contributed by atoms with Crippen LogP contribution in [0.1, 0.15) is 24.8 Å². The van der Waals surface area contributed by atoms with Gasteiger partial charge in [-0.05, 0) is 42.5 Å². The number of carbonyl (C=O) groups excluding carboxylic acids is 1. The minimum Gasteiger partial charge on any atom is -0.310 e. The van der Waals surface area contributed by atoms with Crippen molar-refractivity contribution >= 4 is 11.6 Å². The Balaban J connectivity index is 1.50. The molecular formula is C21H21N3O4. The maximum absolute atomic E-state index is 13.3. The number of nitrogens with zero attached hydrogens (tertiary/aromatic N) is 3. The molecule has 1 aliphatic carbocycles. The van der Waals surface area contributed by atoms with E-state index in [1.165, 1.54) is 5.56 Å². The fraction of sp³-hybridized carbons (Fsp3) is 0.571. The van der Waals surface area contributed by atoms with Crippen LogP contribution in [-0.4, -0.2) is 53.2 Å². The fourth-order valence-corrected chi connectivity index (χ4v) is 7.67. The SMILES string of the molecule is O=C1C[C@@H]2O[C@H]([N+](=O)[O-])C=C3CN4CC[C@]56c7ccccc7N1[C@H]5[C@@H]2[C@H]3C[C@@H]46. The number of anilines is 1. The highest BCUT2D eigenvalue weighted by atomic mass is 16.7. The predicted molar refractivity (Wildman–Crippen MR) is 99.3 cm³/mol. The normalized spacial score (nSPS) is 44.8. The van der Waals surface area contributed by atoms with Gasteiger partial charge < -0.3 is 9.64 Å². The van der Waals surface area contributed by atoms with Crippen LogP contribution in [0, 0.1) is 22.0 Å². The highest BCUT2D eigenvalue weighted by Crippen LogP contribution is 2.65. The lowest BCUT2D eigenvalue weighted by molar-refractivity contribution is -0.565. The smallest absolute Gasteiger partial charge is 0.310 e. The van der Waals surface area contributed by atoms with Crippen molar-refractivity contribution in [3.63, 3.8) is 0 Å². The van der Waals surface area contributed by atoms with E-state index < -0.39 is 6.23 Å². The lowest BCUT2D eigenvalue weighted by atomic mass is 9.53. The zero-order chi connectivity index (χ0) is 18.8. The largest absolute Gasteiger partial charge is 0.335 e. The van der Waals surface area contributed by atoms with Crippen LogP contribution in [0.4, 0.5) is 5.69 Å². The first-order chi connectivity index (χ1) is 13.6. The van der Waals surface area contributed by atoms with E-state index in [9.17, 15) is 14.9 Å². The monoisotopic (exact) mass is 379 g/mol. The summed E-state index contributed by atoms with van der Waals surface area (Å²) in [5.41, 5.74) is 3.47. The van der Waals surface area contributed by atoms with Gasteiger partial charge in [0.25, 0.3) is 0 Å². The molecule has 0 aromatic heterocycles. The summed E-state index contributed by atoms with van der Waals surface area (Å²) >= 11 is 0. The van der Waals surface area contributed by atoms with E-state index in [0.717, 1.165) is 37.2 Å². The van der Waals surface area contributed by atoms with Gasteiger partial charge in [-0.25, -0.2) is 0 Å². The standard InChI is InChI=1S/C21H21N3O4/c25-17-9-15-19-12-8-16-21(13-3-1-2-4-14(13)23(17)20(19)21)5-6-22(16)10-11(12)7-18(28-15)24(26)27/h1-4,7,12,15-16,18-20H,5-6,8-10H2/t12-,15-,16+,18-,19+,20-,21+/m0/s1. The molecule has 3 saturated heterocycles. The van der Waals surface area contributed by atoms with E-state index in [2.05, 4.69) is 28.0 Å². The second-order valence-electron chi connectivity index (χ2n) is 9.22. The van der Waals surface area contributed by atoms with Gasteiger partial charge in [-0.1, -0.05) is 18.2 Å². The van der Waals surface area contributed by atoms with Crippen molar-refractivity contribution in [3.05, 3.63) is 51.6 Å². The molecule has 1 amide bonds. The van der Waals surface area contributed by atoms with Crippen LogP contribution < -0.4 is 4.90 Å². The molecule has 1 aromatic rings. The molecule has 0 N–H and O–H groups in total. The van der Waals surface area contributed by atoms with Gasteiger partial charge in [0.15, 0.2) is 0 Å². The molecule has 0 unspecified atom stereocenters. The molecule has 7 heteroatoms. The van der Waals surface area contributed by atoms with E-state index in [-0.39, 0.29) is 46.6 Å². The number of piperidine rings is 2. The molecular weight excluding hydrogens is 358 g/mol. The lowest BCUT2D eigenvalue weighted by Crippen LogP contribution is -2.69. The number of nitro groups is 1. The summed E-state index contributed by atoms with van der Waals surface area (Å²) in [5.74, 6) is 0.467. The van der Waals surface area contributed by atoms with Crippen LogP contribution in [0.15, 0.2) is 35.9 Å². The molecule has 28 heavy (non-hydrogen) atoms. The van der Waals surface area contributed by atoms with Crippen LogP contribution in [-0.2, 0) is 14.9 Å². The molecule has 5 heterocycles. The first kappa shape index (κ1) is 15.6. The number of hydrogen-bond acceptors (Lipinski definition) is 5. The Bertz CT molecular complexity index is 976. The van der Waals surface area contributed by atoms with Gasteiger partial charge in [-0.2, -0.15) is 0 Å². The van der Waals surface area contributed by atoms with Crippen LogP contribution in [0.3, 0.4) is 0 Å². The zero-order valence-corrected chi connectivity index (χ0v) is 15.4. The second kappa shape index (κ2) is 4.83. The minimum atomic E-state index is -1.14. The summed E-state index contributed by atoms with van der Waals surface area (Å²) in [6.45, 7) is 1.79. The van der Waals surface area contributed by atoms with Crippen molar-refractivity contribution in [2.24, 2.45) is 11.8 Å². The zero-order valence-electron chi connectivity index (χ0n) is 15.4. The number of rotatable bonds is 1. The summed E-state index contributed by atoms with van der Waals surface area (Å²) in [4.78, 5) is 29.1. The summed E-state index contributed by atoms with van der Waals surface area (Å²) in [5, 5.41) is 11.6. The Kier molecular flexibility index (Phi) is 2.70. The van der Waals surface area contributed by atoms with Crippen molar-refractivity contribution in [1.82, 2.24) is 4.90 Å². The highest BCUT2D eigenvalue weighted by molar-refractivity contribution is 5.99.